The highest BCUT2D eigenvalue weighted by atomic mass is 79.9. The van der Waals surface area contributed by atoms with Gasteiger partial charge >= 0.3 is 0 Å². The number of fused-ring (bicyclic) bond motifs is 3. The summed E-state index contributed by atoms with van der Waals surface area (Å²) in [5.74, 6) is 0.493. The molecule has 1 aliphatic carbocycles. The summed E-state index contributed by atoms with van der Waals surface area (Å²) in [5.41, 5.74) is 5.70. The maximum Gasteiger partial charge on any atom is 0.0227 e. The first-order valence-electron chi connectivity index (χ1n) is 5.61. The van der Waals surface area contributed by atoms with Crippen LogP contribution < -0.4 is 0 Å². The second-order valence-corrected chi connectivity index (χ2v) is 5.77. The van der Waals surface area contributed by atoms with Gasteiger partial charge in [0, 0.05) is 10.7 Å². The minimum atomic E-state index is 0.470. The molecule has 1 atom stereocenters. The van der Waals surface area contributed by atoms with E-state index in [9.17, 15) is 0 Å². The molecular weight excluding hydrogens is 260 g/mol. The summed E-state index contributed by atoms with van der Waals surface area (Å²) < 4.78 is 0. The Morgan fingerprint density at radius 2 is 1.31 bits per heavy atom. The van der Waals surface area contributed by atoms with E-state index in [1.165, 1.54) is 22.3 Å². The summed E-state index contributed by atoms with van der Waals surface area (Å²) >= 11 is 3.74. The molecule has 0 radical (unpaired) electrons. The molecular formula is C15H13Br. The number of benzene rings is 2. The van der Waals surface area contributed by atoms with Crippen LogP contribution in [0.15, 0.2) is 48.5 Å². The zero-order valence-electron chi connectivity index (χ0n) is 9.15. The molecule has 0 fully saturated rings. The lowest BCUT2D eigenvalue weighted by atomic mass is 9.94. The zero-order chi connectivity index (χ0) is 11.1. The lowest BCUT2D eigenvalue weighted by Crippen LogP contribution is -2.06. The second kappa shape index (κ2) is 3.74. The van der Waals surface area contributed by atoms with E-state index in [1.807, 2.05) is 0 Å². The van der Waals surface area contributed by atoms with Crippen molar-refractivity contribution in [3.63, 3.8) is 0 Å². The predicted molar refractivity (Wildman–Crippen MR) is 72.1 cm³/mol. The van der Waals surface area contributed by atoms with Crippen LogP contribution in [0.4, 0.5) is 0 Å². The predicted octanol–water partition coefficient (Wildman–Crippen LogP) is 4.58. The molecule has 0 saturated carbocycles. The molecule has 2 aromatic rings. The maximum absolute atomic E-state index is 3.74. The Labute approximate surface area is 104 Å². The van der Waals surface area contributed by atoms with E-state index < -0.39 is 0 Å². The van der Waals surface area contributed by atoms with Gasteiger partial charge in [-0.25, -0.2) is 0 Å². The molecule has 0 nitrogen and oxygen atoms in total. The highest BCUT2D eigenvalue weighted by Gasteiger charge is 2.30. The Balaban J connectivity index is 2.30. The molecule has 0 saturated heterocycles. The summed E-state index contributed by atoms with van der Waals surface area (Å²) in [6.07, 6.45) is 0. The first kappa shape index (κ1) is 10.1. The van der Waals surface area contributed by atoms with Crippen LogP contribution in [-0.2, 0) is 0 Å². The standard InChI is InChI=1S/C15H13Br/c1-10(16)15-13-8-4-2-6-11(13)12-7-3-5-9-14(12)15/h2-10,15H,1H3. The Morgan fingerprint density at radius 3 is 1.75 bits per heavy atom. The Bertz CT molecular complexity index is 483. The normalized spacial score (nSPS) is 15.6. The van der Waals surface area contributed by atoms with Crippen molar-refractivity contribution >= 4 is 15.9 Å². The van der Waals surface area contributed by atoms with Crippen molar-refractivity contribution in [2.45, 2.75) is 17.7 Å². The minimum Gasteiger partial charge on any atom is -0.0883 e. The smallest absolute Gasteiger partial charge is 0.0227 e. The summed E-state index contributed by atoms with van der Waals surface area (Å²) in [6, 6.07) is 17.5. The highest BCUT2D eigenvalue weighted by Crippen LogP contribution is 2.47. The maximum atomic E-state index is 3.74. The van der Waals surface area contributed by atoms with Crippen molar-refractivity contribution < 1.29 is 0 Å². The van der Waals surface area contributed by atoms with Crippen molar-refractivity contribution in [2.75, 3.05) is 0 Å². The number of rotatable bonds is 1. The Kier molecular flexibility index (Phi) is 2.36. The Morgan fingerprint density at radius 1 is 0.875 bits per heavy atom. The number of hydrogen-bond donors (Lipinski definition) is 0. The molecule has 2 aromatic carbocycles. The number of hydrogen-bond acceptors (Lipinski definition) is 0. The Hall–Kier alpha value is -1.08. The minimum absolute atomic E-state index is 0.470. The fraction of sp³-hybridized carbons (Fsp3) is 0.200. The van der Waals surface area contributed by atoms with Crippen LogP contribution >= 0.6 is 15.9 Å². The van der Waals surface area contributed by atoms with Gasteiger partial charge in [0.25, 0.3) is 0 Å². The largest absolute Gasteiger partial charge is 0.0883 e. The van der Waals surface area contributed by atoms with Gasteiger partial charge in [-0.05, 0) is 22.3 Å². The van der Waals surface area contributed by atoms with Gasteiger partial charge in [-0.2, -0.15) is 0 Å². The van der Waals surface area contributed by atoms with E-state index in [4.69, 9.17) is 0 Å². The molecule has 3 rings (SSSR count). The average Bonchev–Trinajstić information content (AvgIpc) is 2.63. The van der Waals surface area contributed by atoms with Gasteiger partial charge in [0.2, 0.25) is 0 Å². The van der Waals surface area contributed by atoms with E-state index in [0.29, 0.717) is 10.7 Å². The summed E-state index contributed by atoms with van der Waals surface area (Å²) in [6.45, 7) is 2.23. The number of halogens is 1. The first-order chi connectivity index (χ1) is 7.79. The van der Waals surface area contributed by atoms with Crippen LogP contribution in [0.25, 0.3) is 11.1 Å². The van der Waals surface area contributed by atoms with Gasteiger partial charge in [-0.1, -0.05) is 71.4 Å². The van der Waals surface area contributed by atoms with Gasteiger partial charge in [0.1, 0.15) is 0 Å². The third kappa shape index (κ3) is 1.35. The van der Waals surface area contributed by atoms with Crippen molar-refractivity contribution in [3.05, 3.63) is 59.7 Å². The van der Waals surface area contributed by atoms with Gasteiger partial charge in [0.15, 0.2) is 0 Å². The zero-order valence-corrected chi connectivity index (χ0v) is 10.7. The van der Waals surface area contributed by atoms with Gasteiger partial charge in [0.05, 0.1) is 0 Å². The monoisotopic (exact) mass is 272 g/mol. The summed E-state index contributed by atoms with van der Waals surface area (Å²) in [7, 11) is 0. The molecule has 0 spiro atoms. The van der Waals surface area contributed by atoms with E-state index in [1.54, 1.807) is 0 Å². The molecule has 1 heteroatoms. The lowest BCUT2D eigenvalue weighted by molar-refractivity contribution is 0.829. The third-order valence-electron chi connectivity index (χ3n) is 3.34. The number of alkyl halides is 1. The van der Waals surface area contributed by atoms with E-state index in [0.717, 1.165) is 0 Å². The summed E-state index contributed by atoms with van der Waals surface area (Å²) in [4.78, 5) is 0.470. The van der Waals surface area contributed by atoms with E-state index in [2.05, 4.69) is 71.4 Å². The van der Waals surface area contributed by atoms with Gasteiger partial charge in [-0.15, -0.1) is 0 Å². The van der Waals surface area contributed by atoms with Gasteiger partial charge in [-0.3, -0.25) is 0 Å². The molecule has 1 aliphatic rings. The van der Waals surface area contributed by atoms with Crippen molar-refractivity contribution in [1.29, 1.82) is 0 Å². The van der Waals surface area contributed by atoms with Gasteiger partial charge < -0.3 is 0 Å². The molecule has 0 heterocycles. The SMILES string of the molecule is CC(Br)C1c2ccccc2-c2ccccc21. The third-order valence-corrected chi connectivity index (χ3v) is 3.87. The highest BCUT2D eigenvalue weighted by molar-refractivity contribution is 9.09. The van der Waals surface area contributed by atoms with Crippen molar-refractivity contribution in [1.82, 2.24) is 0 Å². The fourth-order valence-electron chi connectivity index (χ4n) is 2.69. The van der Waals surface area contributed by atoms with Crippen molar-refractivity contribution in [3.8, 4) is 11.1 Å². The van der Waals surface area contributed by atoms with Crippen LogP contribution in [0.3, 0.4) is 0 Å². The topological polar surface area (TPSA) is 0 Å². The van der Waals surface area contributed by atoms with Crippen LogP contribution in [0.5, 0.6) is 0 Å². The molecule has 0 amide bonds. The molecule has 0 aromatic heterocycles. The molecule has 16 heavy (non-hydrogen) atoms. The fourth-order valence-corrected chi connectivity index (χ4v) is 3.26. The quantitative estimate of drug-likeness (QED) is 0.667. The van der Waals surface area contributed by atoms with Crippen LogP contribution in [0.2, 0.25) is 0 Å². The van der Waals surface area contributed by atoms with Crippen molar-refractivity contribution in [2.24, 2.45) is 0 Å². The van der Waals surface area contributed by atoms with E-state index in [-0.39, 0.29) is 0 Å². The molecule has 0 bridgehead atoms. The van der Waals surface area contributed by atoms with Crippen LogP contribution in [0, 0.1) is 0 Å². The summed E-state index contributed by atoms with van der Waals surface area (Å²) in [5, 5.41) is 0. The second-order valence-electron chi connectivity index (χ2n) is 4.33. The molecule has 0 aliphatic heterocycles. The average molecular weight is 273 g/mol. The first-order valence-corrected chi connectivity index (χ1v) is 6.53. The van der Waals surface area contributed by atoms with E-state index >= 15 is 0 Å². The van der Waals surface area contributed by atoms with Crippen LogP contribution in [-0.4, -0.2) is 4.83 Å². The van der Waals surface area contributed by atoms with Crippen LogP contribution in [0.1, 0.15) is 24.0 Å². The molecule has 1 unspecified atom stereocenters. The molecule has 80 valence electrons. The molecule has 0 N–H and O–H groups in total. The lowest BCUT2D eigenvalue weighted by Gasteiger charge is -2.15.